The molecule has 0 unspecified atom stereocenters. The molecule has 0 aliphatic heterocycles. The average molecular weight is 349 g/mol. The molecule has 2 heterocycles. The van der Waals surface area contributed by atoms with E-state index in [0.717, 1.165) is 5.56 Å². The van der Waals surface area contributed by atoms with Crippen LogP contribution in [0.4, 0.5) is 5.69 Å². The van der Waals surface area contributed by atoms with Crippen molar-refractivity contribution in [3.8, 4) is 22.9 Å². The standard InChI is InChI=1S/C19H19N5O2/c1-4-24-8-11(7-20)13-14(12-6-5-9(2)17(25)10(12)3)15(21)16(18(22)26)23-19(13)24/h5-6,8,25H,4,21H2,1-3H3,(H2,22,26). The Morgan fingerprint density at radius 2 is 2.08 bits per heavy atom. The maximum atomic E-state index is 11.9. The maximum Gasteiger partial charge on any atom is 0.269 e. The van der Waals surface area contributed by atoms with Gasteiger partial charge in [0, 0.05) is 23.7 Å². The molecule has 0 aliphatic carbocycles. The number of aromatic hydroxyl groups is 1. The van der Waals surface area contributed by atoms with Crippen molar-refractivity contribution >= 4 is 22.6 Å². The van der Waals surface area contributed by atoms with Crippen LogP contribution in [0.2, 0.25) is 0 Å². The summed E-state index contributed by atoms with van der Waals surface area (Å²) < 4.78 is 1.77. The van der Waals surface area contributed by atoms with E-state index < -0.39 is 5.91 Å². The van der Waals surface area contributed by atoms with E-state index in [0.29, 0.717) is 39.8 Å². The van der Waals surface area contributed by atoms with Crippen molar-refractivity contribution in [1.82, 2.24) is 9.55 Å². The van der Waals surface area contributed by atoms with Crippen LogP contribution in [0.5, 0.6) is 5.75 Å². The highest BCUT2D eigenvalue weighted by Crippen LogP contribution is 2.41. The van der Waals surface area contributed by atoms with Gasteiger partial charge in [-0.25, -0.2) is 4.98 Å². The number of nitrogen functional groups attached to an aromatic ring is 1. The van der Waals surface area contributed by atoms with E-state index in [1.54, 1.807) is 30.7 Å². The third-order valence-electron chi connectivity index (χ3n) is 4.64. The molecule has 0 radical (unpaired) electrons. The summed E-state index contributed by atoms with van der Waals surface area (Å²) in [6.45, 7) is 6.02. The third kappa shape index (κ3) is 2.35. The van der Waals surface area contributed by atoms with Crippen molar-refractivity contribution < 1.29 is 9.90 Å². The zero-order valence-electron chi connectivity index (χ0n) is 14.8. The van der Waals surface area contributed by atoms with E-state index in [1.165, 1.54) is 0 Å². The van der Waals surface area contributed by atoms with Crippen molar-refractivity contribution in [2.75, 3.05) is 5.73 Å². The minimum Gasteiger partial charge on any atom is -0.507 e. The number of hydrogen-bond acceptors (Lipinski definition) is 5. The highest BCUT2D eigenvalue weighted by molar-refractivity contribution is 6.10. The number of aryl methyl sites for hydroxylation is 2. The summed E-state index contributed by atoms with van der Waals surface area (Å²) in [6, 6.07) is 5.73. The number of aromatic nitrogens is 2. The van der Waals surface area contributed by atoms with Crippen molar-refractivity contribution in [2.24, 2.45) is 5.73 Å². The van der Waals surface area contributed by atoms with Gasteiger partial charge in [0.1, 0.15) is 17.5 Å². The van der Waals surface area contributed by atoms with Gasteiger partial charge in [-0.3, -0.25) is 4.79 Å². The van der Waals surface area contributed by atoms with E-state index in [9.17, 15) is 15.2 Å². The van der Waals surface area contributed by atoms with Gasteiger partial charge in [-0.15, -0.1) is 0 Å². The molecule has 0 atom stereocenters. The molecular weight excluding hydrogens is 330 g/mol. The molecule has 0 spiro atoms. The lowest BCUT2D eigenvalue weighted by Crippen LogP contribution is -2.17. The molecule has 2 aromatic heterocycles. The van der Waals surface area contributed by atoms with Crippen molar-refractivity contribution in [1.29, 1.82) is 5.26 Å². The lowest BCUT2D eigenvalue weighted by Gasteiger charge is -2.15. The molecule has 0 saturated carbocycles. The molecule has 3 rings (SSSR count). The molecule has 7 heteroatoms. The number of nitrogens with two attached hydrogens (primary N) is 2. The SMILES string of the molecule is CCn1cc(C#N)c2c(-c3ccc(C)c(O)c3C)c(N)c(C(N)=O)nc21. The van der Waals surface area contributed by atoms with Crippen LogP contribution in [-0.2, 0) is 6.54 Å². The Morgan fingerprint density at radius 1 is 1.38 bits per heavy atom. The second-order valence-electron chi connectivity index (χ2n) is 6.16. The second-order valence-corrected chi connectivity index (χ2v) is 6.16. The molecule has 0 saturated heterocycles. The van der Waals surface area contributed by atoms with Gasteiger partial charge >= 0.3 is 0 Å². The molecule has 0 fully saturated rings. The number of amides is 1. The van der Waals surface area contributed by atoms with Gasteiger partial charge in [0.25, 0.3) is 5.91 Å². The first-order chi connectivity index (χ1) is 12.3. The first-order valence-electron chi connectivity index (χ1n) is 8.13. The quantitative estimate of drug-likeness (QED) is 0.669. The van der Waals surface area contributed by atoms with Gasteiger partial charge in [-0.2, -0.15) is 5.26 Å². The van der Waals surface area contributed by atoms with Crippen molar-refractivity contribution in [3.63, 3.8) is 0 Å². The van der Waals surface area contributed by atoms with Crippen LogP contribution >= 0.6 is 0 Å². The van der Waals surface area contributed by atoms with Crippen molar-refractivity contribution in [2.45, 2.75) is 27.3 Å². The topological polar surface area (TPSA) is 131 Å². The van der Waals surface area contributed by atoms with Gasteiger partial charge in [0.15, 0.2) is 5.69 Å². The predicted molar refractivity (Wildman–Crippen MR) is 99.6 cm³/mol. The van der Waals surface area contributed by atoms with Gasteiger partial charge in [0.2, 0.25) is 0 Å². The highest BCUT2D eigenvalue weighted by atomic mass is 16.3. The fourth-order valence-corrected chi connectivity index (χ4v) is 3.23. The van der Waals surface area contributed by atoms with Crippen LogP contribution in [-0.4, -0.2) is 20.6 Å². The summed E-state index contributed by atoms with van der Waals surface area (Å²) in [7, 11) is 0. The number of carbonyl (C=O) groups excluding carboxylic acids is 1. The Labute approximate surface area is 150 Å². The Kier molecular flexibility index (Phi) is 4.04. The number of rotatable bonds is 3. The first-order valence-corrected chi connectivity index (χ1v) is 8.13. The Balaban J connectivity index is 2.58. The monoisotopic (exact) mass is 349 g/mol. The summed E-state index contributed by atoms with van der Waals surface area (Å²) in [6.07, 6.45) is 1.68. The highest BCUT2D eigenvalue weighted by Gasteiger charge is 2.24. The number of nitrogens with zero attached hydrogens (tertiary/aromatic N) is 3. The number of nitriles is 1. The molecule has 26 heavy (non-hydrogen) atoms. The van der Waals surface area contributed by atoms with Crippen molar-refractivity contribution in [3.05, 3.63) is 40.7 Å². The molecule has 132 valence electrons. The van der Waals surface area contributed by atoms with Crippen LogP contribution < -0.4 is 11.5 Å². The third-order valence-corrected chi connectivity index (χ3v) is 4.64. The smallest absolute Gasteiger partial charge is 0.269 e. The van der Waals surface area contributed by atoms with Crippen LogP contribution in [0.15, 0.2) is 18.3 Å². The van der Waals surface area contributed by atoms with E-state index in [-0.39, 0.29) is 17.1 Å². The fraction of sp³-hybridized carbons (Fsp3) is 0.211. The van der Waals surface area contributed by atoms with Gasteiger partial charge < -0.3 is 21.1 Å². The average Bonchev–Trinajstić information content (AvgIpc) is 2.97. The summed E-state index contributed by atoms with van der Waals surface area (Å²) in [4.78, 5) is 16.2. The van der Waals surface area contributed by atoms with Gasteiger partial charge in [-0.1, -0.05) is 12.1 Å². The van der Waals surface area contributed by atoms with E-state index in [4.69, 9.17) is 11.5 Å². The maximum absolute atomic E-state index is 11.9. The van der Waals surface area contributed by atoms with Gasteiger partial charge in [0.05, 0.1) is 11.3 Å². The number of hydrogen-bond donors (Lipinski definition) is 3. The first kappa shape index (κ1) is 17.3. The lowest BCUT2D eigenvalue weighted by molar-refractivity contribution is 0.0997. The van der Waals surface area contributed by atoms with Crippen LogP contribution in [0.3, 0.4) is 0 Å². The van der Waals surface area contributed by atoms with Crippen LogP contribution in [0.25, 0.3) is 22.2 Å². The number of carbonyl (C=O) groups is 1. The summed E-state index contributed by atoms with van der Waals surface area (Å²) in [5.41, 5.74) is 15.1. The van der Waals surface area contributed by atoms with Crippen LogP contribution in [0, 0.1) is 25.2 Å². The molecule has 3 aromatic rings. The Morgan fingerprint density at radius 3 is 2.65 bits per heavy atom. The summed E-state index contributed by atoms with van der Waals surface area (Å²) in [5.74, 6) is -0.608. The Bertz CT molecular complexity index is 1110. The minimum absolute atomic E-state index is 0.0516. The number of phenolic OH excluding ortho intramolecular Hbond substituents is 1. The second kappa shape index (κ2) is 6.08. The lowest BCUT2D eigenvalue weighted by atomic mass is 9.93. The van der Waals surface area contributed by atoms with E-state index in [1.807, 2.05) is 13.0 Å². The number of pyridine rings is 1. The van der Waals surface area contributed by atoms with Gasteiger partial charge in [-0.05, 0) is 37.5 Å². The fourth-order valence-electron chi connectivity index (χ4n) is 3.23. The number of phenols is 1. The largest absolute Gasteiger partial charge is 0.507 e. The van der Waals surface area contributed by atoms with E-state index >= 15 is 0 Å². The summed E-state index contributed by atoms with van der Waals surface area (Å²) in [5, 5.41) is 20.5. The molecule has 0 aliphatic rings. The normalized spacial score (nSPS) is 10.8. The number of primary amides is 1. The van der Waals surface area contributed by atoms with Crippen LogP contribution in [0.1, 0.15) is 34.1 Å². The molecule has 0 bridgehead atoms. The zero-order valence-corrected chi connectivity index (χ0v) is 14.8. The summed E-state index contributed by atoms with van der Waals surface area (Å²) >= 11 is 0. The molecule has 5 N–H and O–H groups in total. The molecule has 1 amide bonds. The number of anilines is 1. The molecule has 1 aromatic carbocycles. The Hall–Kier alpha value is -3.53. The minimum atomic E-state index is -0.748. The number of benzene rings is 1. The molecule has 7 nitrogen and oxygen atoms in total. The molecular formula is C19H19N5O2. The van der Waals surface area contributed by atoms with E-state index in [2.05, 4.69) is 11.1 Å². The number of fused-ring (bicyclic) bond motifs is 1. The predicted octanol–water partition coefficient (Wildman–Crippen LogP) is 2.60. The zero-order chi connectivity index (χ0) is 19.2.